The quantitative estimate of drug-likeness (QED) is 0.336. The fourth-order valence-electron chi connectivity index (χ4n) is 2.89. The normalized spacial score (nSPS) is 12.9. The Bertz CT molecular complexity index is 1220. The second-order valence-electron chi connectivity index (χ2n) is 6.16. The number of rotatable bonds is 3. The molecule has 0 N–H and O–H groups in total. The second-order valence-corrected chi connectivity index (χ2v) is 7.45. The minimum Gasteiger partial charge on any atom is -0.454 e. The van der Waals surface area contributed by atoms with Gasteiger partial charge in [0.1, 0.15) is 5.52 Å². The summed E-state index contributed by atoms with van der Waals surface area (Å²) < 4.78 is 17.5. The van der Waals surface area contributed by atoms with Crippen molar-refractivity contribution in [2.75, 3.05) is 6.79 Å². The summed E-state index contributed by atoms with van der Waals surface area (Å²) in [4.78, 5) is 9.02. The van der Waals surface area contributed by atoms with Gasteiger partial charge in [0.05, 0.1) is 5.69 Å². The Kier molecular flexibility index (Phi) is 4.30. The van der Waals surface area contributed by atoms with Crippen molar-refractivity contribution in [3.8, 4) is 23.0 Å². The standard InChI is InChI=1S/C21H12BrClN2O3/c22-16-9-20-19(26-11-27-20)7-13(16)10-24-15-4-1-12(2-5-15)21-25-17-8-14(23)3-6-18(17)28-21/h1-10H,11H2. The van der Waals surface area contributed by atoms with Gasteiger partial charge in [-0.25, -0.2) is 4.98 Å². The number of aromatic nitrogens is 1. The van der Waals surface area contributed by atoms with Crippen molar-refractivity contribution in [3.63, 3.8) is 0 Å². The van der Waals surface area contributed by atoms with Crippen molar-refractivity contribution in [2.24, 2.45) is 4.99 Å². The van der Waals surface area contributed by atoms with E-state index in [0.717, 1.165) is 38.3 Å². The first-order valence-corrected chi connectivity index (χ1v) is 9.62. The zero-order valence-electron chi connectivity index (χ0n) is 14.4. The molecule has 0 radical (unpaired) electrons. The number of ether oxygens (including phenoxy) is 2. The summed E-state index contributed by atoms with van der Waals surface area (Å²) in [5, 5.41) is 0.631. The van der Waals surface area contributed by atoms with E-state index in [1.54, 1.807) is 18.3 Å². The molecule has 4 aromatic rings. The van der Waals surface area contributed by atoms with Crippen LogP contribution < -0.4 is 9.47 Å². The maximum Gasteiger partial charge on any atom is 0.231 e. The topological polar surface area (TPSA) is 56.9 Å². The molecule has 0 aliphatic carbocycles. The van der Waals surface area contributed by atoms with E-state index in [9.17, 15) is 0 Å². The number of hydrogen-bond donors (Lipinski definition) is 0. The van der Waals surface area contributed by atoms with E-state index >= 15 is 0 Å². The smallest absolute Gasteiger partial charge is 0.231 e. The Labute approximate surface area is 173 Å². The van der Waals surface area contributed by atoms with Crippen LogP contribution in [-0.2, 0) is 0 Å². The molecule has 1 aliphatic rings. The summed E-state index contributed by atoms with van der Waals surface area (Å²) in [5.74, 6) is 2.00. The summed E-state index contributed by atoms with van der Waals surface area (Å²) in [6.07, 6.45) is 1.78. The minimum atomic E-state index is 0.242. The van der Waals surface area contributed by atoms with E-state index in [1.807, 2.05) is 42.5 Å². The molecule has 0 atom stereocenters. The van der Waals surface area contributed by atoms with E-state index in [1.165, 1.54) is 0 Å². The monoisotopic (exact) mass is 454 g/mol. The van der Waals surface area contributed by atoms with Gasteiger partial charge in [-0.05, 0) is 70.5 Å². The molecule has 3 aromatic carbocycles. The van der Waals surface area contributed by atoms with Gasteiger partial charge in [-0.1, -0.05) is 11.6 Å². The summed E-state index contributed by atoms with van der Waals surface area (Å²) in [7, 11) is 0. The zero-order chi connectivity index (χ0) is 19.1. The molecule has 5 nitrogen and oxygen atoms in total. The summed E-state index contributed by atoms with van der Waals surface area (Å²) in [6.45, 7) is 0.242. The Morgan fingerprint density at radius 3 is 2.61 bits per heavy atom. The Morgan fingerprint density at radius 2 is 1.79 bits per heavy atom. The maximum atomic E-state index is 6.01. The first-order valence-electron chi connectivity index (χ1n) is 8.45. The van der Waals surface area contributed by atoms with Crippen molar-refractivity contribution in [3.05, 3.63) is 69.7 Å². The van der Waals surface area contributed by atoms with Crippen molar-refractivity contribution in [1.29, 1.82) is 0 Å². The van der Waals surface area contributed by atoms with Gasteiger partial charge in [0, 0.05) is 26.8 Å². The largest absolute Gasteiger partial charge is 0.454 e. The third kappa shape index (κ3) is 3.25. The van der Waals surface area contributed by atoms with Gasteiger partial charge in [-0.3, -0.25) is 4.99 Å². The number of fused-ring (bicyclic) bond motifs is 2. The predicted octanol–water partition coefficient (Wildman–Crippen LogP) is 6.39. The highest BCUT2D eigenvalue weighted by atomic mass is 79.9. The van der Waals surface area contributed by atoms with Crippen LogP contribution >= 0.6 is 27.5 Å². The minimum absolute atomic E-state index is 0.242. The van der Waals surface area contributed by atoms with Crippen LogP contribution in [0.25, 0.3) is 22.6 Å². The van der Waals surface area contributed by atoms with Crippen molar-refractivity contribution in [1.82, 2.24) is 4.98 Å². The summed E-state index contributed by atoms with van der Waals surface area (Å²) in [5.41, 5.74) is 4.03. The van der Waals surface area contributed by atoms with Crippen molar-refractivity contribution < 1.29 is 13.9 Å². The molecule has 2 heterocycles. The lowest BCUT2D eigenvalue weighted by Gasteiger charge is -2.02. The van der Waals surface area contributed by atoms with Gasteiger partial charge in [-0.15, -0.1) is 0 Å². The van der Waals surface area contributed by atoms with Gasteiger partial charge < -0.3 is 13.9 Å². The van der Waals surface area contributed by atoms with Crippen LogP contribution in [0.2, 0.25) is 5.02 Å². The molecule has 28 heavy (non-hydrogen) atoms. The molecular weight excluding hydrogens is 444 g/mol. The fraction of sp³-hybridized carbons (Fsp3) is 0.0476. The molecule has 0 spiro atoms. The Balaban J connectivity index is 1.39. The van der Waals surface area contributed by atoms with E-state index in [-0.39, 0.29) is 6.79 Å². The molecule has 0 saturated heterocycles. The number of benzene rings is 3. The lowest BCUT2D eigenvalue weighted by Crippen LogP contribution is -1.92. The third-order valence-corrected chi connectivity index (χ3v) is 5.23. The van der Waals surface area contributed by atoms with Crippen LogP contribution in [0.4, 0.5) is 5.69 Å². The van der Waals surface area contributed by atoms with Gasteiger partial charge in [0.2, 0.25) is 12.7 Å². The highest BCUT2D eigenvalue weighted by Crippen LogP contribution is 2.36. The molecule has 0 fully saturated rings. The summed E-state index contributed by atoms with van der Waals surface area (Å²) >= 11 is 9.54. The Hall–Kier alpha value is -2.83. The molecule has 1 aliphatic heterocycles. The van der Waals surface area contributed by atoms with Crippen LogP contribution in [0, 0.1) is 0 Å². The number of oxazole rings is 1. The van der Waals surface area contributed by atoms with Crippen molar-refractivity contribution in [2.45, 2.75) is 0 Å². The third-order valence-electron chi connectivity index (χ3n) is 4.31. The molecule has 5 rings (SSSR count). The Morgan fingerprint density at radius 1 is 1.00 bits per heavy atom. The van der Waals surface area contributed by atoms with E-state index in [0.29, 0.717) is 16.5 Å². The zero-order valence-corrected chi connectivity index (χ0v) is 16.7. The number of hydrogen-bond acceptors (Lipinski definition) is 5. The van der Waals surface area contributed by atoms with Crippen LogP contribution in [0.15, 0.2) is 68.5 Å². The fourth-order valence-corrected chi connectivity index (χ4v) is 3.48. The number of halogens is 2. The van der Waals surface area contributed by atoms with Crippen molar-refractivity contribution >= 4 is 50.5 Å². The highest BCUT2D eigenvalue weighted by Gasteiger charge is 2.15. The van der Waals surface area contributed by atoms with Gasteiger partial charge in [0.25, 0.3) is 0 Å². The molecule has 7 heteroatoms. The summed E-state index contributed by atoms with van der Waals surface area (Å²) in [6, 6.07) is 16.8. The predicted molar refractivity (Wildman–Crippen MR) is 112 cm³/mol. The van der Waals surface area contributed by atoms with Gasteiger partial charge >= 0.3 is 0 Å². The molecule has 0 amide bonds. The maximum absolute atomic E-state index is 6.01. The van der Waals surface area contributed by atoms with Gasteiger partial charge in [-0.2, -0.15) is 0 Å². The van der Waals surface area contributed by atoms with Crippen LogP contribution in [0.3, 0.4) is 0 Å². The molecule has 0 saturated carbocycles. The first-order chi connectivity index (χ1) is 13.7. The SMILES string of the molecule is Clc1ccc2oc(-c3ccc(N=Cc4cc5c(cc4Br)OCO5)cc3)nc2c1. The van der Waals surface area contributed by atoms with Crippen LogP contribution in [-0.4, -0.2) is 18.0 Å². The van der Waals surface area contributed by atoms with Crippen LogP contribution in [0.1, 0.15) is 5.56 Å². The van der Waals surface area contributed by atoms with E-state index in [2.05, 4.69) is 25.9 Å². The lowest BCUT2D eigenvalue weighted by atomic mass is 10.2. The molecule has 0 unspecified atom stereocenters. The lowest BCUT2D eigenvalue weighted by molar-refractivity contribution is 0.174. The first kappa shape index (κ1) is 17.3. The second kappa shape index (κ2) is 6.96. The molecule has 0 bridgehead atoms. The highest BCUT2D eigenvalue weighted by molar-refractivity contribution is 9.10. The number of aliphatic imine (C=N–C) groups is 1. The molecule has 1 aromatic heterocycles. The van der Waals surface area contributed by atoms with E-state index in [4.69, 9.17) is 25.5 Å². The van der Waals surface area contributed by atoms with Gasteiger partial charge in [0.15, 0.2) is 17.1 Å². The average molecular weight is 456 g/mol. The number of nitrogens with zero attached hydrogens (tertiary/aromatic N) is 2. The molecule has 138 valence electrons. The van der Waals surface area contributed by atoms with E-state index < -0.39 is 0 Å². The average Bonchev–Trinajstić information content (AvgIpc) is 3.32. The van der Waals surface area contributed by atoms with Crippen LogP contribution in [0.5, 0.6) is 11.5 Å². The molecular formula is C21H12BrClN2O3.